The van der Waals surface area contributed by atoms with Gasteiger partial charge in [-0.15, -0.1) is 0 Å². The van der Waals surface area contributed by atoms with Crippen LogP contribution in [0.2, 0.25) is 0 Å². The fourth-order valence-corrected chi connectivity index (χ4v) is 1.04. The van der Waals surface area contributed by atoms with Gasteiger partial charge >= 0.3 is 5.97 Å². The summed E-state index contributed by atoms with van der Waals surface area (Å²) in [7, 11) is 3.36. The fourth-order valence-electron chi connectivity index (χ4n) is 1.04. The topological polar surface area (TPSA) is 67.2 Å². The summed E-state index contributed by atoms with van der Waals surface area (Å²) < 4.78 is 1.68. The van der Waals surface area contributed by atoms with Crippen LogP contribution >= 0.6 is 0 Å². The van der Waals surface area contributed by atoms with E-state index in [2.05, 4.69) is 10.3 Å². The van der Waals surface area contributed by atoms with Crippen LogP contribution in [0.3, 0.4) is 0 Å². The van der Waals surface area contributed by atoms with E-state index in [1.165, 1.54) is 6.20 Å². The van der Waals surface area contributed by atoms with Gasteiger partial charge in [0.1, 0.15) is 6.04 Å². The van der Waals surface area contributed by atoms with Gasteiger partial charge in [-0.25, -0.2) is 4.98 Å². The predicted octanol–water partition coefficient (Wildman–Crippen LogP) is -0.235. The third-order valence-electron chi connectivity index (χ3n) is 1.69. The second kappa shape index (κ2) is 3.36. The molecule has 1 aromatic rings. The molecule has 2 N–H and O–H groups in total. The molecule has 0 aromatic carbocycles. The molecule has 0 saturated carbocycles. The first-order valence-corrected chi connectivity index (χ1v) is 3.53. The number of carbonyl (C=O) groups is 1. The van der Waals surface area contributed by atoms with Gasteiger partial charge in [0.2, 0.25) is 0 Å². The summed E-state index contributed by atoms with van der Waals surface area (Å²) in [6, 6.07) is -0.683. The summed E-state index contributed by atoms with van der Waals surface area (Å²) in [4.78, 5) is 14.5. The van der Waals surface area contributed by atoms with Crippen molar-refractivity contribution in [3.63, 3.8) is 0 Å². The van der Waals surface area contributed by atoms with Gasteiger partial charge in [0, 0.05) is 7.05 Å². The average molecular weight is 169 g/mol. The van der Waals surface area contributed by atoms with Crippen LogP contribution in [0.15, 0.2) is 12.5 Å². The molecule has 1 atom stereocenters. The van der Waals surface area contributed by atoms with Gasteiger partial charge in [0.15, 0.2) is 0 Å². The molecule has 0 aliphatic heterocycles. The van der Waals surface area contributed by atoms with E-state index in [1.807, 2.05) is 0 Å². The molecule has 0 aliphatic carbocycles. The van der Waals surface area contributed by atoms with Crippen LogP contribution in [0, 0.1) is 0 Å². The Morgan fingerprint density at radius 2 is 2.50 bits per heavy atom. The summed E-state index contributed by atoms with van der Waals surface area (Å²) in [5, 5.41) is 11.5. The lowest BCUT2D eigenvalue weighted by molar-refractivity contribution is -0.139. The van der Waals surface area contributed by atoms with E-state index in [0.717, 1.165) is 0 Å². The van der Waals surface area contributed by atoms with Crippen LogP contribution in [0.5, 0.6) is 0 Å². The Morgan fingerprint density at radius 3 is 2.83 bits per heavy atom. The number of nitrogens with zero attached hydrogens (tertiary/aromatic N) is 2. The highest BCUT2D eigenvalue weighted by molar-refractivity contribution is 5.74. The van der Waals surface area contributed by atoms with Crippen molar-refractivity contribution in [3.05, 3.63) is 18.2 Å². The van der Waals surface area contributed by atoms with Gasteiger partial charge in [0.05, 0.1) is 18.2 Å². The molecule has 1 unspecified atom stereocenters. The van der Waals surface area contributed by atoms with Crippen LogP contribution in [-0.2, 0) is 11.8 Å². The zero-order valence-corrected chi connectivity index (χ0v) is 6.98. The summed E-state index contributed by atoms with van der Waals surface area (Å²) in [6.07, 6.45) is 3.11. The Balaban J connectivity index is 2.94. The molecule has 5 heteroatoms. The lowest BCUT2D eigenvalue weighted by Gasteiger charge is -2.10. The Morgan fingerprint density at radius 1 is 1.83 bits per heavy atom. The Labute approximate surface area is 70.0 Å². The van der Waals surface area contributed by atoms with E-state index in [4.69, 9.17) is 5.11 Å². The Kier molecular flexibility index (Phi) is 2.44. The predicted molar refractivity (Wildman–Crippen MR) is 42.6 cm³/mol. The molecule has 0 radical (unpaired) electrons. The number of carboxylic acids is 1. The maximum atomic E-state index is 10.7. The van der Waals surface area contributed by atoms with Crippen molar-refractivity contribution in [1.82, 2.24) is 14.9 Å². The number of aryl methyl sites for hydroxylation is 1. The molecule has 1 heterocycles. The summed E-state index contributed by atoms with van der Waals surface area (Å²) in [5.74, 6) is -0.902. The van der Waals surface area contributed by atoms with Gasteiger partial charge in [-0.1, -0.05) is 0 Å². The third-order valence-corrected chi connectivity index (χ3v) is 1.69. The van der Waals surface area contributed by atoms with Crippen molar-refractivity contribution in [3.8, 4) is 0 Å². The normalized spacial score (nSPS) is 12.8. The molecule has 0 fully saturated rings. The zero-order chi connectivity index (χ0) is 9.14. The van der Waals surface area contributed by atoms with Gasteiger partial charge in [-0.2, -0.15) is 0 Å². The SMILES string of the molecule is CNC(C(=O)O)c1cncn1C. The van der Waals surface area contributed by atoms with Crippen molar-refractivity contribution in [2.45, 2.75) is 6.04 Å². The molecule has 0 amide bonds. The van der Waals surface area contributed by atoms with Crippen molar-refractivity contribution < 1.29 is 9.90 Å². The first-order chi connectivity index (χ1) is 5.66. The quantitative estimate of drug-likeness (QED) is 0.655. The molecule has 12 heavy (non-hydrogen) atoms. The number of hydrogen-bond donors (Lipinski definition) is 2. The molecule has 1 aromatic heterocycles. The van der Waals surface area contributed by atoms with Crippen molar-refractivity contribution in [1.29, 1.82) is 0 Å². The van der Waals surface area contributed by atoms with E-state index in [1.54, 1.807) is 25.0 Å². The number of imidazole rings is 1. The van der Waals surface area contributed by atoms with Gasteiger partial charge in [0.25, 0.3) is 0 Å². The number of rotatable bonds is 3. The van der Waals surface area contributed by atoms with Crippen LogP contribution in [0.25, 0.3) is 0 Å². The number of aromatic nitrogens is 2. The van der Waals surface area contributed by atoms with Crippen molar-refractivity contribution >= 4 is 5.97 Å². The minimum absolute atomic E-state index is 0.644. The first-order valence-electron chi connectivity index (χ1n) is 3.53. The molecular formula is C7H11N3O2. The second-order valence-electron chi connectivity index (χ2n) is 2.49. The lowest BCUT2D eigenvalue weighted by atomic mass is 10.2. The zero-order valence-electron chi connectivity index (χ0n) is 6.98. The van der Waals surface area contributed by atoms with E-state index < -0.39 is 12.0 Å². The lowest BCUT2D eigenvalue weighted by Crippen LogP contribution is -2.26. The highest BCUT2D eigenvalue weighted by atomic mass is 16.4. The van der Waals surface area contributed by atoms with Crippen LogP contribution in [0.4, 0.5) is 0 Å². The molecule has 1 rings (SSSR count). The highest BCUT2D eigenvalue weighted by Crippen LogP contribution is 2.10. The van der Waals surface area contributed by atoms with E-state index in [0.29, 0.717) is 5.69 Å². The second-order valence-corrected chi connectivity index (χ2v) is 2.49. The molecule has 0 saturated heterocycles. The third kappa shape index (κ3) is 1.45. The molecule has 0 aliphatic rings. The van der Waals surface area contributed by atoms with E-state index in [9.17, 15) is 4.79 Å². The summed E-state index contributed by atoms with van der Waals surface area (Å²) in [5.41, 5.74) is 0.644. The number of aliphatic carboxylic acids is 1. The molecule has 0 spiro atoms. The average Bonchev–Trinajstić information content (AvgIpc) is 2.38. The summed E-state index contributed by atoms with van der Waals surface area (Å²) >= 11 is 0. The van der Waals surface area contributed by atoms with E-state index in [-0.39, 0.29) is 0 Å². The minimum atomic E-state index is -0.902. The number of carboxylic acid groups (broad SMARTS) is 1. The smallest absolute Gasteiger partial charge is 0.326 e. The number of nitrogens with one attached hydrogen (secondary N) is 1. The maximum Gasteiger partial charge on any atom is 0.326 e. The van der Waals surface area contributed by atoms with Crippen LogP contribution in [0.1, 0.15) is 11.7 Å². The van der Waals surface area contributed by atoms with Crippen LogP contribution in [-0.4, -0.2) is 27.7 Å². The number of hydrogen-bond acceptors (Lipinski definition) is 3. The molecule has 5 nitrogen and oxygen atoms in total. The van der Waals surface area contributed by atoms with Gasteiger partial charge in [-0.05, 0) is 7.05 Å². The molecular weight excluding hydrogens is 158 g/mol. The number of likely N-dealkylation sites (N-methyl/N-ethyl adjacent to an activating group) is 1. The monoisotopic (exact) mass is 169 g/mol. The van der Waals surface area contributed by atoms with Crippen LogP contribution < -0.4 is 5.32 Å². The van der Waals surface area contributed by atoms with Crippen molar-refractivity contribution in [2.24, 2.45) is 7.05 Å². The van der Waals surface area contributed by atoms with Gasteiger partial charge in [-0.3, -0.25) is 4.79 Å². The fraction of sp³-hybridized carbons (Fsp3) is 0.429. The van der Waals surface area contributed by atoms with Gasteiger partial charge < -0.3 is 15.0 Å². The Hall–Kier alpha value is -1.36. The van der Waals surface area contributed by atoms with Crippen molar-refractivity contribution in [2.75, 3.05) is 7.05 Å². The first kappa shape index (κ1) is 8.73. The Bertz CT molecular complexity index is 282. The molecule has 66 valence electrons. The largest absolute Gasteiger partial charge is 0.480 e. The minimum Gasteiger partial charge on any atom is -0.480 e. The van der Waals surface area contributed by atoms with E-state index >= 15 is 0 Å². The maximum absolute atomic E-state index is 10.7. The summed E-state index contributed by atoms with van der Waals surface area (Å²) in [6.45, 7) is 0. The standard InChI is InChI=1S/C7H11N3O2/c1-8-6(7(11)12)5-3-9-4-10(5)2/h3-4,6,8H,1-2H3,(H,11,12). The molecule has 0 bridgehead atoms. The highest BCUT2D eigenvalue weighted by Gasteiger charge is 2.19.